The second-order valence-corrected chi connectivity index (χ2v) is 5.18. The van der Waals surface area contributed by atoms with Crippen molar-refractivity contribution in [1.82, 2.24) is 5.32 Å². The van der Waals surface area contributed by atoms with Crippen LogP contribution in [0.1, 0.15) is 44.7 Å². The highest BCUT2D eigenvalue weighted by Crippen LogP contribution is 2.29. The van der Waals surface area contributed by atoms with Gasteiger partial charge in [0.1, 0.15) is 0 Å². The lowest BCUT2D eigenvalue weighted by Crippen LogP contribution is -2.30. The molecule has 0 aromatic heterocycles. The van der Waals surface area contributed by atoms with Crippen LogP contribution >= 0.6 is 0 Å². The number of anilines is 1. The molecule has 2 rings (SSSR count). The molecule has 1 aromatic carbocycles. The average molecular weight is 258 g/mol. The molecule has 1 heterocycles. The van der Waals surface area contributed by atoms with Gasteiger partial charge in [-0.1, -0.05) is 44.2 Å². The highest BCUT2D eigenvalue weighted by atomic mass is 15.1. The summed E-state index contributed by atoms with van der Waals surface area (Å²) < 4.78 is 0. The van der Waals surface area contributed by atoms with E-state index < -0.39 is 0 Å². The van der Waals surface area contributed by atoms with Crippen LogP contribution in [0.15, 0.2) is 36.4 Å². The normalized spacial score (nSPS) is 16.6. The summed E-state index contributed by atoms with van der Waals surface area (Å²) in [6.07, 6.45) is 8.05. The van der Waals surface area contributed by atoms with Crippen molar-refractivity contribution in [2.24, 2.45) is 0 Å². The molecular formula is C17H26N2. The summed E-state index contributed by atoms with van der Waals surface area (Å²) in [7, 11) is 0. The molecular weight excluding hydrogens is 232 g/mol. The number of para-hydroxylation sites is 1. The van der Waals surface area contributed by atoms with Crippen LogP contribution in [-0.2, 0) is 0 Å². The Labute approximate surface area is 117 Å². The Bertz CT molecular complexity index is 411. The van der Waals surface area contributed by atoms with Gasteiger partial charge in [0.25, 0.3) is 0 Å². The first-order valence-corrected chi connectivity index (χ1v) is 7.59. The van der Waals surface area contributed by atoms with Crippen molar-refractivity contribution in [1.29, 1.82) is 0 Å². The molecule has 19 heavy (non-hydrogen) atoms. The van der Waals surface area contributed by atoms with Crippen LogP contribution in [0.4, 0.5) is 5.69 Å². The largest absolute Gasteiger partial charge is 0.367 e. The van der Waals surface area contributed by atoms with E-state index in [1.165, 1.54) is 17.7 Å². The summed E-state index contributed by atoms with van der Waals surface area (Å²) in [5.74, 6) is 0. The molecule has 1 aliphatic rings. The molecule has 0 fully saturated rings. The van der Waals surface area contributed by atoms with Crippen molar-refractivity contribution in [2.75, 3.05) is 24.5 Å². The van der Waals surface area contributed by atoms with E-state index in [0.29, 0.717) is 6.04 Å². The lowest BCUT2D eigenvalue weighted by Gasteiger charge is -2.30. The average Bonchev–Trinajstić information content (AvgIpc) is 2.49. The predicted molar refractivity (Wildman–Crippen MR) is 83.7 cm³/mol. The standard InChI is InChI=1S/C17H26N2/c1-3-12-18-16(4-2)15-10-6-7-11-17(15)19-13-8-5-9-14-19/h5-8,10-11,16,18H,3-4,9,12-14H2,1-2H3. The van der Waals surface area contributed by atoms with Gasteiger partial charge < -0.3 is 10.2 Å². The minimum Gasteiger partial charge on any atom is -0.367 e. The Morgan fingerprint density at radius 1 is 1.21 bits per heavy atom. The van der Waals surface area contributed by atoms with E-state index in [9.17, 15) is 0 Å². The summed E-state index contributed by atoms with van der Waals surface area (Å²) in [6, 6.07) is 9.34. The molecule has 0 spiro atoms. The zero-order valence-corrected chi connectivity index (χ0v) is 12.2. The van der Waals surface area contributed by atoms with Crippen LogP contribution < -0.4 is 10.2 Å². The van der Waals surface area contributed by atoms with E-state index in [0.717, 1.165) is 32.5 Å². The SMILES string of the molecule is CCCNC(CC)c1ccccc1N1CC=CCC1. The number of hydrogen-bond acceptors (Lipinski definition) is 2. The molecule has 1 atom stereocenters. The number of hydrogen-bond donors (Lipinski definition) is 1. The van der Waals surface area contributed by atoms with Gasteiger partial charge in [0.15, 0.2) is 0 Å². The van der Waals surface area contributed by atoms with Gasteiger partial charge in [-0.15, -0.1) is 0 Å². The van der Waals surface area contributed by atoms with E-state index in [1.54, 1.807) is 0 Å². The van der Waals surface area contributed by atoms with Gasteiger partial charge in [-0.05, 0) is 37.4 Å². The zero-order valence-electron chi connectivity index (χ0n) is 12.2. The fourth-order valence-electron chi connectivity index (χ4n) is 2.72. The second-order valence-electron chi connectivity index (χ2n) is 5.18. The number of nitrogens with one attached hydrogen (secondary N) is 1. The highest BCUT2D eigenvalue weighted by molar-refractivity contribution is 5.56. The van der Waals surface area contributed by atoms with E-state index in [1.807, 2.05) is 0 Å². The number of rotatable bonds is 6. The van der Waals surface area contributed by atoms with Crippen LogP contribution in [0.2, 0.25) is 0 Å². The Hall–Kier alpha value is -1.28. The summed E-state index contributed by atoms with van der Waals surface area (Å²) in [5, 5.41) is 3.67. The van der Waals surface area contributed by atoms with Gasteiger partial charge in [-0.2, -0.15) is 0 Å². The summed E-state index contributed by atoms with van der Waals surface area (Å²) in [4.78, 5) is 2.49. The molecule has 2 heteroatoms. The predicted octanol–water partition coefficient (Wildman–Crippen LogP) is 3.90. The fourth-order valence-corrected chi connectivity index (χ4v) is 2.72. The Morgan fingerprint density at radius 2 is 2.05 bits per heavy atom. The third-order valence-electron chi connectivity index (χ3n) is 3.76. The van der Waals surface area contributed by atoms with Crippen LogP contribution in [0.5, 0.6) is 0 Å². The van der Waals surface area contributed by atoms with Gasteiger partial charge in [-0.3, -0.25) is 0 Å². The summed E-state index contributed by atoms with van der Waals surface area (Å²) in [6.45, 7) is 7.76. The first-order chi connectivity index (χ1) is 9.36. The van der Waals surface area contributed by atoms with Crippen LogP contribution in [0, 0.1) is 0 Å². The molecule has 1 aliphatic heterocycles. The minimum atomic E-state index is 0.474. The van der Waals surface area contributed by atoms with Crippen molar-refractivity contribution >= 4 is 5.69 Å². The Morgan fingerprint density at radius 3 is 2.74 bits per heavy atom. The smallest absolute Gasteiger partial charge is 0.0417 e. The maximum absolute atomic E-state index is 3.67. The summed E-state index contributed by atoms with van der Waals surface area (Å²) in [5.41, 5.74) is 2.86. The van der Waals surface area contributed by atoms with Gasteiger partial charge in [0.2, 0.25) is 0 Å². The summed E-state index contributed by atoms with van der Waals surface area (Å²) >= 11 is 0. The molecule has 0 amide bonds. The number of nitrogens with zero attached hydrogens (tertiary/aromatic N) is 1. The first kappa shape index (κ1) is 14.1. The van der Waals surface area contributed by atoms with Gasteiger partial charge in [-0.25, -0.2) is 0 Å². The molecule has 2 nitrogen and oxygen atoms in total. The van der Waals surface area contributed by atoms with Crippen molar-refractivity contribution in [3.05, 3.63) is 42.0 Å². The van der Waals surface area contributed by atoms with Crippen molar-refractivity contribution in [2.45, 2.75) is 39.2 Å². The van der Waals surface area contributed by atoms with E-state index >= 15 is 0 Å². The Kier molecular flexibility index (Phi) is 5.46. The lowest BCUT2D eigenvalue weighted by atomic mass is 10.0. The molecule has 1 aromatic rings. The van der Waals surface area contributed by atoms with Gasteiger partial charge in [0.05, 0.1) is 0 Å². The minimum absolute atomic E-state index is 0.474. The fraction of sp³-hybridized carbons (Fsp3) is 0.529. The maximum atomic E-state index is 3.67. The first-order valence-electron chi connectivity index (χ1n) is 7.59. The van der Waals surface area contributed by atoms with E-state index in [2.05, 4.69) is 60.5 Å². The van der Waals surface area contributed by atoms with Crippen molar-refractivity contribution in [3.8, 4) is 0 Å². The number of benzene rings is 1. The molecule has 0 bridgehead atoms. The topological polar surface area (TPSA) is 15.3 Å². The van der Waals surface area contributed by atoms with E-state index in [-0.39, 0.29) is 0 Å². The lowest BCUT2D eigenvalue weighted by molar-refractivity contribution is 0.517. The van der Waals surface area contributed by atoms with Crippen LogP contribution in [0.3, 0.4) is 0 Å². The Balaban J connectivity index is 2.21. The highest BCUT2D eigenvalue weighted by Gasteiger charge is 2.16. The maximum Gasteiger partial charge on any atom is 0.0417 e. The molecule has 0 saturated carbocycles. The molecule has 1 N–H and O–H groups in total. The third kappa shape index (κ3) is 3.60. The second kappa shape index (κ2) is 7.34. The molecule has 0 aliphatic carbocycles. The molecule has 0 saturated heterocycles. The van der Waals surface area contributed by atoms with Crippen LogP contribution in [-0.4, -0.2) is 19.6 Å². The van der Waals surface area contributed by atoms with Crippen molar-refractivity contribution in [3.63, 3.8) is 0 Å². The molecule has 104 valence electrons. The quantitative estimate of drug-likeness (QED) is 0.778. The van der Waals surface area contributed by atoms with Crippen molar-refractivity contribution < 1.29 is 0 Å². The third-order valence-corrected chi connectivity index (χ3v) is 3.76. The molecule has 1 unspecified atom stereocenters. The zero-order chi connectivity index (χ0) is 13.5. The molecule has 0 radical (unpaired) electrons. The van der Waals surface area contributed by atoms with Gasteiger partial charge in [0, 0.05) is 24.8 Å². The van der Waals surface area contributed by atoms with Gasteiger partial charge >= 0.3 is 0 Å². The van der Waals surface area contributed by atoms with Crippen LogP contribution in [0.25, 0.3) is 0 Å². The monoisotopic (exact) mass is 258 g/mol. The van der Waals surface area contributed by atoms with E-state index in [4.69, 9.17) is 0 Å².